The molecule has 0 radical (unpaired) electrons. The first-order valence-electron chi connectivity index (χ1n) is 9.98. The summed E-state index contributed by atoms with van der Waals surface area (Å²) in [4.78, 5) is 50.1. The first-order valence-corrected chi connectivity index (χ1v) is 9.98. The molecule has 0 N–H and O–H groups in total. The van der Waals surface area contributed by atoms with Gasteiger partial charge in [0.05, 0.1) is 11.0 Å². The Morgan fingerprint density at radius 2 is 1.69 bits per heavy atom. The van der Waals surface area contributed by atoms with Crippen molar-refractivity contribution in [3.05, 3.63) is 33.9 Å². The van der Waals surface area contributed by atoms with Crippen molar-refractivity contribution in [1.82, 2.24) is 0 Å². The minimum absolute atomic E-state index is 0.0401. The van der Waals surface area contributed by atoms with Gasteiger partial charge in [-0.1, -0.05) is 20.3 Å². The van der Waals surface area contributed by atoms with Gasteiger partial charge in [0.2, 0.25) is 12.4 Å². The number of nitrogens with zero attached hydrogens (tertiary/aromatic N) is 1. The van der Waals surface area contributed by atoms with Gasteiger partial charge in [0, 0.05) is 37.5 Å². The number of carbonyl (C=O) groups excluding carboxylic acids is 4. The number of carbonyl (C=O) groups is 2. The molecule has 1 aromatic carbocycles. The molecule has 2 rings (SSSR count). The highest BCUT2D eigenvalue weighted by molar-refractivity contribution is 5.67. The molecule has 0 aromatic heterocycles. The highest BCUT2D eigenvalue weighted by Crippen LogP contribution is 2.34. The van der Waals surface area contributed by atoms with E-state index in [1.54, 1.807) is 0 Å². The van der Waals surface area contributed by atoms with Gasteiger partial charge in [-0.3, -0.25) is 19.7 Å². The summed E-state index contributed by atoms with van der Waals surface area (Å²) < 4.78 is 22.7. The van der Waals surface area contributed by atoms with Crippen LogP contribution >= 0.6 is 0 Å². The number of nitro benzene ring substituents is 1. The number of esters is 2. The van der Waals surface area contributed by atoms with Gasteiger partial charge < -0.3 is 18.9 Å². The fourth-order valence-corrected chi connectivity index (χ4v) is 3.29. The van der Waals surface area contributed by atoms with Crippen molar-refractivity contribution in [3.63, 3.8) is 0 Å². The summed E-state index contributed by atoms with van der Waals surface area (Å²) in [5, 5.41) is 11.1. The van der Waals surface area contributed by atoms with Crippen LogP contribution in [0.2, 0.25) is 0 Å². The lowest BCUT2D eigenvalue weighted by molar-refractivity contribution is -0.385. The van der Waals surface area contributed by atoms with Crippen molar-refractivity contribution < 1.29 is 43.0 Å². The Labute approximate surface area is 185 Å². The van der Waals surface area contributed by atoms with E-state index in [0.29, 0.717) is 17.7 Å². The summed E-state index contributed by atoms with van der Waals surface area (Å²) in [6, 6.07) is 4.30. The Bertz CT molecular complexity index is 849. The molecule has 0 bridgehead atoms. The normalized spacial score (nSPS) is 24.2. The van der Waals surface area contributed by atoms with Crippen LogP contribution in [0.25, 0.3) is 0 Å². The first kappa shape index (κ1) is 26.7. The van der Waals surface area contributed by atoms with Gasteiger partial charge in [-0.15, -0.1) is 0 Å². The summed E-state index contributed by atoms with van der Waals surface area (Å²) in [5.74, 6) is -0.921. The Balaban J connectivity index is 0.00000161. The van der Waals surface area contributed by atoms with E-state index in [1.807, 2.05) is 20.8 Å². The van der Waals surface area contributed by atoms with Gasteiger partial charge in [0.25, 0.3) is 5.69 Å². The Hall–Kier alpha value is -3.30. The monoisotopic (exact) mass is 453 g/mol. The van der Waals surface area contributed by atoms with E-state index in [1.165, 1.54) is 32.0 Å². The average Bonchev–Trinajstić information content (AvgIpc) is 2.70. The third-order valence-electron chi connectivity index (χ3n) is 4.82. The summed E-state index contributed by atoms with van der Waals surface area (Å²) in [5.41, 5.74) is 0.601. The van der Waals surface area contributed by atoms with E-state index >= 15 is 0 Å². The minimum Gasteiger partial charge on any atom is -0.460 e. The van der Waals surface area contributed by atoms with E-state index in [-0.39, 0.29) is 23.9 Å². The van der Waals surface area contributed by atoms with Gasteiger partial charge in [-0.2, -0.15) is 9.59 Å². The van der Waals surface area contributed by atoms with Gasteiger partial charge in [0.1, 0.15) is 11.9 Å². The summed E-state index contributed by atoms with van der Waals surface area (Å²) in [7, 11) is 0. The SMILES string of the molecule is CCCc1cc([N+](=O)[O-])ccc1O[C@@H]1O[C@H](C)[C@@H](C)[C@H](OC(C)=O)[C@H]1OC(C)=O.O=C=O. The van der Waals surface area contributed by atoms with Gasteiger partial charge >= 0.3 is 18.1 Å². The number of rotatable bonds is 7. The minimum atomic E-state index is -1.04. The molecule has 1 fully saturated rings. The maximum atomic E-state index is 11.7. The molecule has 0 aliphatic carbocycles. The number of hydrogen-bond donors (Lipinski definition) is 0. The third kappa shape index (κ3) is 7.44. The first-order chi connectivity index (χ1) is 15.0. The smallest absolute Gasteiger partial charge is 0.373 e. The second kappa shape index (κ2) is 12.5. The summed E-state index contributed by atoms with van der Waals surface area (Å²) in [6.07, 6.45) is -1.55. The lowest BCUT2D eigenvalue weighted by Crippen LogP contribution is -2.57. The van der Waals surface area contributed by atoms with E-state index < -0.39 is 35.4 Å². The van der Waals surface area contributed by atoms with Crippen molar-refractivity contribution in [2.45, 2.75) is 72.1 Å². The maximum absolute atomic E-state index is 11.7. The lowest BCUT2D eigenvalue weighted by Gasteiger charge is -2.43. The van der Waals surface area contributed by atoms with E-state index in [4.69, 9.17) is 28.5 Å². The fourth-order valence-electron chi connectivity index (χ4n) is 3.29. The molecule has 176 valence electrons. The second-order valence-electron chi connectivity index (χ2n) is 7.22. The van der Waals surface area contributed by atoms with E-state index in [9.17, 15) is 19.7 Å². The van der Waals surface area contributed by atoms with Gasteiger partial charge in [-0.05, 0) is 19.4 Å². The van der Waals surface area contributed by atoms with E-state index in [0.717, 1.165) is 6.42 Å². The number of ether oxygens (including phenoxy) is 4. The van der Waals surface area contributed by atoms with Crippen LogP contribution in [0.5, 0.6) is 5.75 Å². The topological polar surface area (TPSA) is 148 Å². The number of hydrogen-bond acceptors (Lipinski definition) is 10. The van der Waals surface area contributed by atoms with Crippen LogP contribution in [0.3, 0.4) is 0 Å². The van der Waals surface area contributed by atoms with Gasteiger partial charge in [-0.25, -0.2) is 0 Å². The molecular formula is C21H27NO10. The highest BCUT2D eigenvalue weighted by atomic mass is 16.7. The molecule has 1 heterocycles. The van der Waals surface area contributed by atoms with Crippen LogP contribution in [0.15, 0.2) is 18.2 Å². The van der Waals surface area contributed by atoms with Crippen molar-refractivity contribution in [2.24, 2.45) is 5.92 Å². The zero-order valence-electron chi connectivity index (χ0n) is 18.6. The van der Waals surface area contributed by atoms with Crippen molar-refractivity contribution in [1.29, 1.82) is 0 Å². The maximum Gasteiger partial charge on any atom is 0.373 e. The van der Waals surface area contributed by atoms with Crippen molar-refractivity contribution in [2.75, 3.05) is 0 Å². The molecule has 0 amide bonds. The molecule has 0 unspecified atom stereocenters. The van der Waals surface area contributed by atoms with Crippen LogP contribution in [-0.4, -0.2) is 47.6 Å². The standard InChI is InChI=1S/C20H27NO8.CO2/c1-6-7-15-10-16(21(24)25)8-9-17(15)29-20-19(28-14(5)23)18(27-13(4)22)11(2)12(3)26-20;2-1-3/h8-12,18-20H,6-7H2,1-5H3;/t11-,12-,18+,19-,20+;/m1./s1. The zero-order chi connectivity index (χ0) is 24.4. The average molecular weight is 453 g/mol. The Morgan fingerprint density at radius 3 is 2.19 bits per heavy atom. The second-order valence-corrected chi connectivity index (χ2v) is 7.22. The van der Waals surface area contributed by atoms with Crippen molar-refractivity contribution >= 4 is 23.8 Å². The molecule has 11 heteroatoms. The highest BCUT2D eigenvalue weighted by Gasteiger charge is 2.48. The molecule has 32 heavy (non-hydrogen) atoms. The molecule has 0 spiro atoms. The number of non-ortho nitro benzene ring substituents is 1. The quantitative estimate of drug-likeness (QED) is 0.342. The molecule has 1 aliphatic heterocycles. The molecule has 0 saturated carbocycles. The fraction of sp³-hybridized carbons (Fsp3) is 0.571. The van der Waals surface area contributed by atoms with Crippen LogP contribution in [0.4, 0.5) is 5.69 Å². The Morgan fingerprint density at radius 1 is 1.12 bits per heavy atom. The molecule has 1 saturated heterocycles. The molecule has 11 nitrogen and oxygen atoms in total. The molecule has 5 atom stereocenters. The predicted molar refractivity (Wildman–Crippen MR) is 107 cm³/mol. The molecule has 1 aliphatic rings. The van der Waals surface area contributed by atoms with Crippen LogP contribution < -0.4 is 4.74 Å². The van der Waals surface area contributed by atoms with Crippen LogP contribution in [0.1, 0.15) is 46.6 Å². The largest absolute Gasteiger partial charge is 0.460 e. The van der Waals surface area contributed by atoms with E-state index in [2.05, 4.69) is 0 Å². The lowest BCUT2D eigenvalue weighted by atomic mass is 9.91. The van der Waals surface area contributed by atoms with Gasteiger partial charge in [0.15, 0.2) is 0 Å². The number of benzene rings is 1. The third-order valence-corrected chi connectivity index (χ3v) is 4.82. The molecule has 1 aromatic rings. The Kier molecular flexibility index (Phi) is 10.5. The van der Waals surface area contributed by atoms with Crippen LogP contribution in [0, 0.1) is 16.0 Å². The number of aryl methyl sites for hydroxylation is 1. The predicted octanol–water partition coefficient (Wildman–Crippen LogP) is 2.59. The van der Waals surface area contributed by atoms with Crippen LogP contribution in [-0.2, 0) is 39.8 Å². The zero-order valence-corrected chi connectivity index (χ0v) is 18.6. The number of nitro groups is 1. The molecular weight excluding hydrogens is 426 g/mol. The summed E-state index contributed by atoms with van der Waals surface area (Å²) >= 11 is 0. The van der Waals surface area contributed by atoms with Crippen molar-refractivity contribution in [3.8, 4) is 5.75 Å². The summed E-state index contributed by atoms with van der Waals surface area (Å²) in [6.45, 7) is 8.12.